The Bertz CT molecular complexity index is 541. The van der Waals surface area contributed by atoms with E-state index in [0.29, 0.717) is 13.0 Å². The van der Waals surface area contributed by atoms with Gasteiger partial charge in [0.15, 0.2) is 0 Å². The topological polar surface area (TPSA) is 66.5 Å². The number of rotatable bonds is 7. The van der Waals surface area contributed by atoms with Crippen molar-refractivity contribution in [2.24, 2.45) is 0 Å². The second kappa shape index (κ2) is 7.35. The number of sulfonamides is 1. The smallest absolute Gasteiger partial charge is 0.221 e. The number of halogens is 1. The zero-order valence-corrected chi connectivity index (χ0v) is 12.4. The third-order valence-corrected chi connectivity index (χ3v) is 4.63. The van der Waals surface area contributed by atoms with Gasteiger partial charge >= 0.3 is 0 Å². The predicted molar refractivity (Wildman–Crippen MR) is 75.2 cm³/mol. The minimum Gasteiger partial charge on any atom is -0.356 e. The maximum atomic E-state index is 12.7. The molecule has 0 aromatic heterocycles. The molecule has 1 aromatic rings. The third-order valence-electron chi connectivity index (χ3n) is 2.79. The quantitative estimate of drug-likeness (QED) is 0.809. The lowest BCUT2D eigenvalue weighted by Crippen LogP contribution is -2.31. The standard InChI is InChI=1S/C13H19FN2O3S/c1-16(2)20(18,19)10-8-13(17)15-9-7-11-3-5-12(14)6-4-11/h3-6H,7-10H2,1-2H3,(H,15,17). The van der Waals surface area contributed by atoms with Gasteiger partial charge in [-0.15, -0.1) is 0 Å². The molecule has 0 radical (unpaired) electrons. The summed E-state index contributed by atoms with van der Waals surface area (Å²) in [6, 6.07) is 6.03. The van der Waals surface area contributed by atoms with Gasteiger partial charge in [-0.3, -0.25) is 4.79 Å². The molecule has 1 aromatic carbocycles. The highest BCUT2D eigenvalue weighted by Gasteiger charge is 2.15. The van der Waals surface area contributed by atoms with Crippen molar-refractivity contribution in [1.29, 1.82) is 0 Å². The molecule has 0 bridgehead atoms. The average molecular weight is 302 g/mol. The molecule has 5 nitrogen and oxygen atoms in total. The Balaban J connectivity index is 2.29. The fourth-order valence-electron chi connectivity index (χ4n) is 1.49. The van der Waals surface area contributed by atoms with Gasteiger partial charge in [0.1, 0.15) is 5.82 Å². The van der Waals surface area contributed by atoms with Crippen molar-refractivity contribution < 1.29 is 17.6 Å². The molecule has 0 unspecified atom stereocenters. The van der Waals surface area contributed by atoms with Crippen LogP contribution in [-0.4, -0.2) is 45.0 Å². The van der Waals surface area contributed by atoms with Gasteiger partial charge in [0.25, 0.3) is 0 Å². The molecule has 0 atom stereocenters. The summed E-state index contributed by atoms with van der Waals surface area (Å²) < 4.78 is 36.7. The Morgan fingerprint density at radius 1 is 1.25 bits per heavy atom. The Hall–Kier alpha value is -1.47. The molecule has 7 heteroatoms. The molecule has 0 fully saturated rings. The fraction of sp³-hybridized carbons (Fsp3) is 0.462. The molecule has 1 amide bonds. The molecule has 1 rings (SSSR count). The average Bonchev–Trinajstić information content (AvgIpc) is 2.39. The summed E-state index contributed by atoms with van der Waals surface area (Å²) in [6.45, 7) is 0.395. The van der Waals surface area contributed by atoms with Crippen molar-refractivity contribution in [1.82, 2.24) is 9.62 Å². The Kier molecular flexibility index (Phi) is 6.09. The van der Waals surface area contributed by atoms with E-state index in [1.807, 2.05) is 0 Å². The summed E-state index contributed by atoms with van der Waals surface area (Å²) in [4.78, 5) is 11.5. The van der Waals surface area contributed by atoms with Crippen LogP contribution >= 0.6 is 0 Å². The van der Waals surface area contributed by atoms with Gasteiger partial charge in [0.2, 0.25) is 15.9 Å². The van der Waals surface area contributed by atoms with E-state index in [1.165, 1.54) is 26.2 Å². The Labute approximate surface area is 118 Å². The van der Waals surface area contributed by atoms with E-state index in [0.717, 1.165) is 9.87 Å². The van der Waals surface area contributed by atoms with Crippen molar-refractivity contribution in [2.75, 3.05) is 26.4 Å². The molecule has 0 saturated carbocycles. The van der Waals surface area contributed by atoms with Gasteiger partial charge in [0, 0.05) is 27.1 Å². The van der Waals surface area contributed by atoms with Crippen LogP contribution in [0, 0.1) is 5.82 Å². The van der Waals surface area contributed by atoms with E-state index >= 15 is 0 Å². The summed E-state index contributed by atoms with van der Waals surface area (Å²) in [5.74, 6) is -0.813. The molecule has 112 valence electrons. The highest BCUT2D eigenvalue weighted by atomic mass is 32.2. The number of carbonyl (C=O) groups is 1. The zero-order chi connectivity index (χ0) is 15.2. The lowest BCUT2D eigenvalue weighted by atomic mass is 10.1. The van der Waals surface area contributed by atoms with Gasteiger partial charge in [-0.1, -0.05) is 12.1 Å². The monoisotopic (exact) mass is 302 g/mol. The summed E-state index contributed by atoms with van der Waals surface area (Å²) >= 11 is 0. The first-order valence-electron chi connectivity index (χ1n) is 6.22. The van der Waals surface area contributed by atoms with E-state index in [-0.39, 0.29) is 23.9 Å². The minimum atomic E-state index is -3.34. The molecular weight excluding hydrogens is 283 g/mol. The van der Waals surface area contributed by atoms with Gasteiger partial charge in [0.05, 0.1) is 5.75 Å². The number of benzene rings is 1. The second-order valence-electron chi connectivity index (χ2n) is 4.57. The first-order valence-corrected chi connectivity index (χ1v) is 7.83. The molecule has 0 aliphatic heterocycles. The molecule has 0 aliphatic carbocycles. The summed E-state index contributed by atoms with van der Waals surface area (Å²) in [7, 11) is -0.480. The van der Waals surface area contributed by atoms with Crippen molar-refractivity contribution in [2.45, 2.75) is 12.8 Å². The lowest BCUT2D eigenvalue weighted by molar-refractivity contribution is -0.120. The van der Waals surface area contributed by atoms with Gasteiger partial charge in [-0.2, -0.15) is 0 Å². The van der Waals surface area contributed by atoms with E-state index < -0.39 is 10.0 Å². The van der Waals surface area contributed by atoms with Crippen molar-refractivity contribution in [3.8, 4) is 0 Å². The largest absolute Gasteiger partial charge is 0.356 e. The molecule has 0 spiro atoms. The summed E-state index contributed by atoms with van der Waals surface area (Å²) in [5.41, 5.74) is 0.910. The molecular formula is C13H19FN2O3S. The molecule has 0 saturated heterocycles. The normalized spacial score (nSPS) is 11.6. The number of nitrogens with zero attached hydrogens (tertiary/aromatic N) is 1. The number of hydrogen-bond acceptors (Lipinski definition) is 3. The van der Waals surface area contributed by atoms with E-state index in [2.05, 4.69) is 5.32 Å². The number of nitrogens with one attached hydrogen (secondary N) is 1. The number of hydrogen-bond donors (Lipinski definition) is 1. The van der Waals surface area contributed by atoms with Crippen LogP contribution in [0.3, 0.4) is 0 Å². The van der Waals surface area contributed by atoms with Crippen molar-refractivity contribution in [3.05, 3.63) is 35.6 Å². The molecule has 20 heavy (non-hydrogen) atoms. The summed E-state index contributed by atoms with van der Waals surface area (Å²) in [6.07, 6.45) is 0.510. The van der Waals surface area contributed by atoms with Crippen molar-refractivity contribution >= 4 is 15.9 Å². The predicted octanol–water partition coefficient (Wildman–Crippen LogP) is 0.766. The Morgan fingerprint density at radius 3 is 2.40 bits per heavy atom. The first-order chi connectivity index (χ1) is 9.31. The van der Waals surface area contributed by atoms with Crippen LogP contribution in [0.25, 0.3) is 0 Å². The highest BCUT2D eigenvalue weighted by molar-refractivity contribution is 7.89. The minimum absolute atomic E-state index is 0.0655. The van der Waals surface area contributed by atoms with Crippen LogP contribution in [0.2, 0.25) is 0 Å². The van der Waals surface area contributed by atoms with Crippen LogP contribution in [0.15, 0.2) is 24.3 Å². The van der Waals surface area contributed by atoms with Crippen LogP contribution in [0.5, 0.6) is 0 Å². The zero-order valence-electron chi connectivity index (χ0n) is 11.6. The van der Waals surface area contributed by atoms with E-state index in [1.54, 1.807) is 12.1 Å². The SMILES string of the molecule is CN(C)S(=O)(=O)CCC(=O)NCCc1ccc(F)cc1. The van der Waals surface area contributed by atoms with Gasteiger partial charge < -0.3 is 5.32 Å². The highest BCUT2D eigenvalue weighted by Crippen LogP contribution is 2.03. The first kappa shape index (κ1) is 16.6. The van der Waals surface area contributed by atoms with Crippen LogP contribution in [-0.2, 0) is 21.2 Å². The number of amides is 1. The maximum absolute atomic E-state index is 12.7. The summed E-state index contributed by atoms with van der Waals surface area (Å²) in [5, 5.41) is 2.64. The van der Waals surface area contributed by atoms with Crippen LogP contribution in [0.4, 0.5) is 4.39 Å². The maximum Gasteiger partial charge on any atom is 0.221 e. The lowest BCUT2D eigenvalue weighted by Gasteiger charge is -2.11. The van der Waals surface area contributed by atoms with E-state index in [4.69, 9.17) is 0 Å². The third kappa shape index (κ3) is 5.66. The molecule has 0 aliphatic rings. The molecule has 0 heterocycles. The van der Waals surface area contributed by atoms with Crippen LogP contribution in [0.1, 0.15) is 12.0 Å². The Morgan fingerprint density at radius 2 is 1.85 bits per heavy atom. The van der Waals surface area contributed by atoms with Gasteiger partial charge in [-0.25, -0.2) is 17.1 Å². The van der Waals surface area contributed by atoms with Crippen molar-refractivity contribution in [3.63, 3.8) is 0 Å². The second-order valence-corrected chi connectivity index (χ2v) is 6.88. The van der Waals surface area contributed by atoms with Gasteiger partial charge in [-0.05, 0) is 24.1 Å². The van der Waals surface area contributed by atoms with Crippen LogP contribution < -0.4 is 5.32 Å². The van der Waals surface area contributed by atoms with E-state index in [9.17, 15) is 17.6 Å². The number of carbonyl (C=O) groups excluding carboxylic acids is 1. The fourth-order valence-corrected chi connectivity index (χ4v) is 2.30. The molecule has 1 N–H and O–H groups in total.